The van der Waals surface area contributed by atoms with Gasteiger partial charge in [0.2, 0.25) is 10.0 Å². The number of halogens is 1. The standard InChI is InChI=1S/C18H27ClN2O3S/c1-13-10-15(19)11-16-17(4-3-9-24-18(13)16)20-12-14-5-7-21(8-6-14)25(2,22)23/h10-11,14,17,20H,3-9,12H2,1-2H3. The minimum Gasteiger partial charge on any atom is -0.493 e. The average Bonchev–Trinajstić information content (AvgIpc) is 2.75. The van der Waals surface area contributed by atoms with Crippen molar-refractivity contribution in [1.82, 2.24) is 9.62 Å². The Morgan fingerprint density at radius 1 is 1.28 bits per heavy atom. The predicted octanol–water partition coefficient (Wildman–Crippen LogP) is 3.12. The number of fused-ring (bicyclic) bond motifs is 1. The molecule has 140 valence electrons. The second-order valence-electron chi connectivity index (χ2n) is 7.20. The number of sulfonamides is 1. The summed E-state index contributed by atoms with van der Waals surface area (Å²) in [6, 6.07) is 4.20. The summed E-state index contributed by atoms with van der Waals surface area (Å²) in [5.41, 5.74) is 2.23. The van der Waals surface area contributed by atoms with Crippen LogP contribution in [0.2, 0.25) is 5.02 Å². The molecule has 5 nitrogen and oxygen atoms in total. The monoisotopic (exact) mass is 386 g/mol. The third kappa shape index (κ3) is 4.67. The van der Waals surface area contributed by atoms with E-state index in [1.165, 1.54) is 6.26 Å². The van der Waals surface area contributed by atoms with Crippen LogP contribution in [-0.4, -0.2) is 45.2 Å². The van der Waals surface area contributed by atoms with E-state index in [0.717, 1.165) is 60.7 Å². The Labute approximate surface area is 155 Å². The molecular weight excluding hydrogens is 360 g/mol. The van der Waals surface area contributed by atoms with Crippen molar-refractivity contribution in [1.29, 1.82) is 0 Å². The van der Waals surface area contributed by atoms with Gasteiger partial charge in [-0.1, -0.05) is 11.6 Å². The zero-order valence-corrected chi connectivity index (χ0v) is 16.5. The molecule has 3 rings (SSSR count). The molecule has 2 aliphatic heterocycles. The molecule has 1 aromatic rings. The fourth-order valence-electron chi connectivity index (χ4n) is 3.79. The first-order valence-corrected chi connectivity index (χ1v) is 11.2. The molecule has 0 bridgehead atoms. The molecule has 7 heteroatoms. The topological polar surface area (TPSA) is 58.6 Å². The van der Waals surface area contributed by atoms with E-state index in [1.807, 2.05) is 19.1 Å². The predicted molar refractivity (Wildman–Crippen MR) is 101 cm³/mol. The van der Waals surface area contributed by atoms with Crippen molar-refractivity contribution in [2.24, 2.45) is 5.92 Å². The summed E-state index contributed by atoms with van der Waals surface area (Å²) >= 11 is 6.26. The zero-order valence-electron chi connectivity index (χ0n) is 14.9. The first-order valence-electron chi connectivity index (χ1n) is 8.96. The quantitative estimate of drug-likeness (QED) is 0.863. The number of aryl methyl sites for hydroxylation is 1. The van der Waals surface area contributed by atoms with Crippen molar-refractivity contribution >= 4 is 21.6 Å². The Kier molecular flexibility index (Phi) is 5.93. The normalized spacial score (nSPS) is 22.9. The van der Waals surface area contributed by atoms with Gasteiger partial charge in [-0.15, -0.1) is 0 Å². The molecule has 1 atom stereocenters. The maximum Gasteiger partial charge on any atom is 0.211 e. The van der Waals surface area contributed by atoms with Crippen LogP contribution in [0.1, 0.15) is 42.9 Å². The highest BCUT2D eigenvalue weighted by atomic mass is 35.5. The smallest absolute Gasteiger partial charge is 0.211 e. The third-order valence-electron chi connectivity index (χ3n) is 5.22. The second kappa shape index (κ2) is 7.82. The van der Waals surface area contributed by atoms with Gasteiger partial charge in [0.05, 0.1) is 12.9 Å². The lowest BCUT2D eigenvalue weighted by Crippen LogP contribution is -2.40. The van der Waals surface area contributed by atoms with Crippen LogP contribution in [0.25, 0.3) is 0 Å². The van der Waals surface area contributed by atoms with Gasteiger partial charge in [-0.3, -0.25) is 0 Å². The minimum absolute atomic E-state index is 0.239. The van der Waals surface area contributed by atoms with Crippen molar-refractivity contribution in [3.05, 3.63) is 28.3 Å². The molecule has 2 heterocycles. The van der Waals surface area contributed by atoms with E-state index in [1.54, 1.807) is 4.31 Å². The van der Waals surface area contributed by atoms with Crippen LogP contribution >= 0.6 is 11.6 Å². The molecule has 0 saturated carbocycles. The molecule has 1 N–H and O–H groups in total. The number of nitrogens with zero attached hydrogens (tertiary/aromatic N) is 1. The van der Waals surface area contributed by atoms with E-state index >= 15 is 0 Å². The molecule has 1 saturated heterocycles. The van der Waals surface area contributed by atoms with Gasteiger partial charge in [0.1, 0.15) is 5.75 Å². The van der Waals surface area contributed by atoms with Gasteiger partial charge in [-0.2, -0.15) is 0 Å². The number of ether oxygens (including phenoxy) is 1. The number of rotatable bonds is 4. The Hall–Kier alpha value is -0.820. The molecule has 1 unspecified atom stereocenters. The number of piperidine rings is 1. The van der Waals surface area contributed by atoms with Gasteiger partial charge in [-0.25, -0.2) is 12.7 Å². The molecule has 0 spiro atoms. The first-order chi connectivity index (χ1) is 11.8. The van der Waals surface area contributed by atoms with Crippen molar-refractivity contribution in [2.75, 3.05) is 32.5 Å². The second-order valence-corrected chi connectivity index (χ2v) is 9.62. The van der Waals surface area contributed by atoms with E-state index < -0.39 is 10.0 Å². The summed E-state index contributed by atoms with van der Waals surface area (Å²) in [4.78, 5) is 0. The van der Waals surface area contributed by atoms with Crippen LogP contribution < -0.4 is 10.1 Å². The van der Waals surface area contributed by atoms with Crippen LogP contribution in [0, 0.1) is 12.8 Å². The largest absolute Gasteiger partial charge is 0.493 e. The molecule has 0 radical (unpaired) electrons. The lowest BCUT2D eigenvalue weighted by Gasteiger charge is -2.31. The Morgan fingerprint density at radius 2 is 2.00 bits per heavy atom. The molecule has 2 aliphatic rings. The highest BCUT2D eigenvalue weighted by molar-refractivity contribution is 7.88. The third-order valence-corrected chi connectivity index (χ3v) is 6.74. The zero-order chi connectivity index (χ0) is 18.0. The van der Waals surface area contributed by atoms with Gasteiger partial charge >= 0.3 is 0 Å². The minimum atomic E-state index is -3.06. The van der Waals surface area contributed by atoms with Gasteiger partial charge in [0, 0.05) is 29.7 Å². The lowest BCUT2D eigenvalue weighted by molar-refractivity contribution is 0.260. The molecule has 1 aromatic carbocycles. The van der Waals surface area contributed by atoms with Gasteiger partial charge in [0.25, 0.3) is 0 Å². The summed E-state index contributed by atoms with van der Waals surface area (Å²) in [5.74, 6) is 1.47. The Bertz CT molecular complexity index is 715. The summed E-state index contributed by atoms with van der Waals surface area (Å²) in [5, 5.41) is 4.43. The maximum absolute atomic E-state index is 11.6. The van der Waals surface area contributed by atoms with Crippen LogP contribution in [-0.2, 0) is 10.0 Å². The number of nitrogens with one attached hydrogen (secondary N) is 1. The van der Waals surface area contributed by atoms with E-state index in [9.17, 15) is 8.42 Å². The fraction of sp³-hybridized carbons (Fsp3) is 0.667. The van der Waals surface area contributed by atoms with Crippen LogP contribution in [0.15, 0.2) is 12.1 Å². The van der Waals surface area contributed by atoms with Crippen LogP contribution in [0.3, 0.4) is 0 Å². The highest BCUT2D eigenvalue weighted by Crippen LogP contribution is 2.36. The first kappa shape index (κ1) is 19.0. The molecule has 0 aromatic heterocycles. The van der Waals surface area contributed by atoms with E-state index in [2.05, 4.69) is 5.32 Å². The van der Waals surface area contributed by atoms with E-state index in [4.69, 9.17) is 16.3 Å². The number of hydrogen-bond acceptors (Lipinski definition) is 4. The van der Waals surface area contributed by atoms with Crippen LogP contribution in [0.5, 0.6) is 5.75 Å². The highest BCUT2D eigenvalue weighted by Gasteiger charge is 2.27. The van der Waals surface area contributed by atoms with Gasteiger partial charge in [-0.05, 0) is 62.8 Å². The number of benzene rings is 1. The fourth-order valence-corrected chi connectivity index (χ4v) is 4.95. The van der Waals surface area contributed by atoms with Crippen molar-refractivity contribution < 1.29 is 13.2 Å². The van der Waals surface area contributed by atoms with Crippen LogP contribution in [0.4, 0.5) is 0 Å². The Morgan fingerprint density at radius 3 is 2.68 bits per heavy atom. The van der Waals surface area contributed by atoms with E-state index in [-0.39, 0.29) is 6.04 Å². The van der Waals surface area contributed by atoms with Crippen molar-refractivity contribution in [3.63, 3.8) is 0 Å². The Balaban J connectivity index is 1.63. The summed E-state index contributed by atoms with van der Waals surface area (Å²) in [7, 11) is -3.06. The molecule has 0 amide bonds. The SMILES string of the molecule is Cc1cc(Cl)cc2c1OCCCC2NCC1CCN(S(C)(=O)=O)CC1. The molecule has 25 heavy (non-hydrogen) atoms. The molecule has 1 fully saturated rings. The summed E-state index contributed by atoms with van der Waals surface area (Å²) in [6.07, 6.45) is 5.14. The number of hydrogen-bond donors (Lipinski definition) is 1. The summed E-state index contributed by atoms with van der Waals surface area (Å²) < 4.78 is 30.8. The lowest BCUT2D eigenvalue weighted by atomic mass is 9.95. The van der Waals surface area contributed by atoms with E-state index in [0.29, 0.717) is 19.0 Å². The van der Waals surface area contributed by atoms with Crippen molar-refractivity contribution in [3.8, 4) is 5.75 Å². The average molecular weight is 387 g/mol. The molecular formula is C18H27ClN2O3S. The van der Waals surface area contributed by atoms with Gasteiger partial charge < -0.3 is 10.1 Å². The molecule has 0 aliphatic carbocycles. The van der Waals surface area contributed by atoms with Crippen molar-refractivity contribution in [2.45, 2.75) is 38.6 Å². The van der Waals surface area contributed by atoms with Gasteiger partial charge in [0.15, 0.2) is 0 Å². The maximum atomic E-state index is 11.6. The summed E-state index contributed by atoms with van der Waals surface area (Å²) in [6.45, 7) is 4.92.